The number of hydrogen-bond donors (Lipinski definition) is 1. The Morgan fingerprint density at radius 1 is 0.966 bits per heavy atom. The van der Waals surface area contributed by atoms with Gasteiger partial charge in [-0.05, 0) is 20.3 Å². The van der Waals surface area contributed by atoms with Crippen molar-refractivity contribution in [3.8, 4) is 0 Å². The molecule has 0 aliphatic carbocycles. The molecule has 0 aliphatic heterocycles. The molecule has 0 fully saturated rings. The normalized spacial score (nSPS) is 13.5. The second kappa shape index (κ2) is 15.4. The summed E-state index contributed by atoms with van der Waals surface area (Å²) in [7, 11) is -4.31. The van der Waals surface area contributed by atoms with Crippen molar-refractivity contribution in [1.29, 1.82) is 0 Å². The van der Waals surface area contributed by atoms with Crippen LogP contribution in [-0.2, 0) is 38.7 Å². The first-order valence-corrected chi connectivity index (χ1v) is 10.4. The van der Waals surface area contributed by atoms with Crippen molar-refractivity contribution >= 4 is 51.1 Å². The monoisotopic (exact) mass is 446 g/mol. The average molecular weight is 447 g/mol. The molecular weight excluding hydrogens is 417 g/mol. The van der Waals surface area contributed by atoms with Crippen LogP contribution in [-0.4, -0.2) is 79.5 Å². The van der Waals surface area contributed by atoms with E-state index >= 15 is 0 Å². The van der Waals surface area contributed by atoms with Gasteiger partial charge in [0.1, 0.15) is 31.0 Å². The van der Waals surface area contributed by atoms with Gasteiger partial charge in [-0.1, -0.05) is 31.9 Å². The Morgan fingerprint density at radius 3 is 1.83 bits per heavy atom. The Labute approximate surface area is 187 Å². The average Bonchev–Trinajstić information content (AvgIpc) is 2.60. The lowest BCUT2D eigenvalue weighted by molar-refractivity contribution is -0.170. The third-order valence-electron chi connectivity index (χ3n) is 3.60. The predicted octanol–water partition coefficient (Wildman–Crippen LogP) is 0.916. The van der Waals surface area contributed by atoms with Gasteiger partial charge in [0.2, 0.25) is 0 Å². The Hall–Kier alpha value is -1.43. The first-order chi connectivity index (χ1) is 13.1. The summed E-state index contributed by atoms with van der Waals surface area (Å²) in [6.07, 6.45) is 6.68. The van der Waals surface area contributed by atoms with Gasteiger partial charge in [0.05, 0.1) is 0 Å². The van der Waals surface area contributed by atoms with Gasteiger partial charge >= 0.3 is 41.0 Å². The van der Waals surface area contributed by atoms with Crippen LogP contribution in [0.4, 0.5) is 0 Å². The van der Waals surface area contributed by atoms with Crippen LogP contribution in [0.1, 0.15) is 40.0 Å². The van der Waals surface area contributed by atoms with E-state index in [0.29, 0.717) is 12.8 Å². The molecule has 0 saturated heterocycles. The topological polar surface area (TPSA) is 133 Å². The lowest BCUT2D eigenvalue weighted by atomic mass is 9.84. The molecule has 0 aromatic carbocycles. The van der Waals surface area contributed by atoms with Gasteiger partial charge in [0.25, 0.3) is 10.1 Å². The zero-order valence-electron chi connectivity index (χ0n) is 16.4. The second-order valence-corrected chi connectivity index (χ2v) is 7.59. The van der Waals surface area contributed by atoms with Crippen molar-refractivity contribution in [2.75, 3.05) is 25.6 Å². The van der Waals surface area contributed by atoms with E-state index in [-0.39, 0.29) is 29.5 Å². The highest BCUT2D eigenvalue weighted by atomic mass is 32.2. The van der Waals surface area contributed by atoms with E-state index in [1.165, 1.54) is 24.3 Å². The van der Waals surface area contributed by atoms with E-state index < -0.39 is 59.0 Å². The van der Waals surface area contributed by atoms with E-state index in [4.69, 9.17) is 18.8 Å². The fourth-order valence-electron chi connectivity index (χ4n) is 2.10. The fraction of sp³-hybridized carbons (Fsp3) is 0.611. The molecule has 0 rings (SSSR count). The summed E-state index contributed by atoms with van der Waals surface area (Å²) in [5.74, 6) is -3.03. The van der Waals surface area contributed by atoms with Crippen LogP contribution in [0.25, 0.3) is 0 Å². The Morgan fingerprint density at radius 2 is 1.45 bits per heavy atom. The number of allylic oxidation sites excluding steroid dienone is 2. The van der Waals surface area contributed by atoms with E-state index in [1.807, 2.05) is 6.92 Å². The number of carbonyl (C=O) groups excluding carboxylic acids is 3. The highest BCUT2D eigenvalue weighted by molar-refractivity contribution is 7.85. The first kappa shape index (κ1) is 29.8. The molecule has 0 aliphatic rings. The summed E-state index contributed by atoms with van der Waals surface area (Å²) in [6.45, 7) is 3.71. The standard InChI is InChI=1S/C18H28O9S.Mg.2H/c1-4-7-10-18(13-26-15(19)8-5-2,14-27-16(20)9-6-3)17(21)25-11-12-28(22,23)24;;;/h5-6,8-9H,4,7,10-14H2,1-3H3,(H,22,23,24);;;. The molecule has 0 amide bonds. The van der Waals surface area contributed by atoms with Crippen LogP contribution in [0.15, 0.2) is 24.3 Å². The Kier molecular flexibility index (Phi) is 15.8. The minimum Gasteiger partial charge on any atom is -0.464 e. The molecule has 0 heterocycles. The summed E-state index contributed by atoms with van der Waals surface area (Å²) in [5.41, 5.74) is -1.50. The van der Waals surface area contributed by atoms with Crippen LogP contribution in [0.5, 0.6) is 0 Å². The van der Waals surface area contributed by atoms with E-state index in [2.05, 4.69) is 0 Å². The Balaban J connectivity index is 0. The van der Waals surface area contributed by atoms with Crippen molar-refractivity contribution in [3.63, 3.8) is 0 Å². The molecule has 164 valence electrons. The molecule has 29 heavy (non-hydrogen) atoms. The van der Waals surface area contributed by atoms with Crippen LogP contribution in [0.2, 0.25) is 0 Å². The van der Waals surface area contributed by atoms with Crippen molar-refractivity contribution in [2.24, 2.45) is 5.41 Å². The van der Waals surface area contributed by atoms with E-state index in [0.717, 1.165) is 0 Å². The minimum absolute atomic E-state index is 0. The number of unbranched alkanes of at least 4 members (excludes halogenated alkanes) is 1. The lowest BCUT2D eigenvalue weighted by Gasteiger charge is -2.30. The maximum atomic E-state index is 12.7. The first-order valence-electron chi connectivity index (χ1n) is 8.81. The quantitative estimate of drug-likeness (QED) is 0.144. The van der Waals surface area contributed by atoms with Gasteiger partial charge in [-0.25, -0.2) is 9.59 Å². The molecule has 0 radical (unpaired) electrons. The number of hydrogen-bond acceptors (Lipinski definition) is 8. The number of rotatable bonds is 13. The van der Waals surface area contributed by atoms with Crippen molar-refractivity contribution in [1.82, 2.24) is 0 Å². The highest BCUT2D eigenvalue weighted by Gasteiger charge is 2.42. The summed E-state index contributed by atoms with van der Waals surface area (Å²) in [4.78, 5) is 36.0. The number of ether oxygens (including phenoxy) is 3. The summed E-state index contributed by atoms with van der Waals surface area (Å²) in [5, 5.41) is 0. The van der Waals surface area contributed by atoms with E-state index in [1.54, 1.807) is 13.8 Å². The van der Waals surface area contributed by atoms with Crippen molar-refractivity contribution in [2.45, 2.75) is 40.0 Å². The molecule has 9 nitrogen and oxygen atoms in total. The predicted molar refractivity (Wildman–Crippen MR) is 109 cm³/mol. The van der Waals surface area contributed by atoms with Crippen LogP contribution < -0.4 is 0 Å². The largest absolute Gasteiger partial charge is 0.464 e. The summed E-state index contributed by atoms with van der Waals surface area (Å²) < 4.78 is 45.6. The fourth-order valence-corrected chi connectivity index (χ4v) is 2.39. The smallest absolute Gasteiger partial charge is 0.330 e. The molecule has 1 N–H and O–H groups in total. The number of esters is 3. The van der Waals surface area contributed by atoms with Gasteiger partial charge in [0.15, 0.2) is 0 Å². The molecule has 0 bridgehead atoms. The maximum absolute atomic E-state index is 12.7. The second-order valence-electron chi connectivity index (χ2n) is 6.02. The third kappa shape index (κ3) is 13.4. The van der Waals surface area contributed by atoms with Gasteiger partial charge in [-0.15, -0.1) is 0 Å². The zero-order chi connectivity index (χ0) is 21.6. The van der Waals surface area contributed by atoms with E-state index in [9.17, 15) is 22.8 Å². The highest BCUT2D eigenvalue weighted by Crippen LogP contribution is 2.28. The van der Waals surface area contributed by atoms with Crippen LogP contribution in [0.3, 0.4) is 0 Å². The minimum atomic E-state index is -4.31. The molecule has 0 atom stereocenters. The number of carbonyl (C=O) groups is 3. The van der Waals surface area contributed by atoms with Gasteiger partial charge in [0, 0.05) is 12.2 Å². The Bertz CT molecular complexity index is 655. The molecule has 0 aromatic rings. The maximum Gasteiger partial charge on any atom is 0.330 e. The SMILES string of the molecule is CC=CC(=O)OCC(CCCC)(COC(=O)C=CC)C(=O)OCCS(=O)(=O)O.[MgH2]. The van der Waals surface area contributed by atoms with Crippen molar-refractivity contribution < 1.29 is 41.6 Å². The van der Waals surface area contributed by atoms with Gasteiger partial charge < -0.3 is 14.2 Å². The van der Waals surface area contributed by atoms with Crippen LogP contribution in [0, 0.1) is 5.41 Å². The van der Waals surface area contributed by atoms with Crippen LogP contribution >= 0.6 is 0 Å². The molecule has 0 saturated carbocycles. The van der Waals surface area contributed by atoms with Crippen molar-refractivity contribution in [3.05, 3.63) is 24.3 Å². The zero-order valence-corrected chi connectivity index (χ0v) is 17.2. The molecule has 11 heteroatoms. The lowest BCUT2D eigenvalue weighted by Crippen LogP contribution is -2.43. The summed E-state index contributed by atoms with van der Waals surface area (Å²) in [6, 6.07) is 0. The molecule has 0 spiro atoms. The molecule has 0 unspecified atom stereocenters. The molecular formula is C18H30MgO9S. The van der Waals surface area contributed by atoms with Gasteiger partial charge in [-0.3, -0.25) is 9.35 Å². The molecule has 0 aromatic heterocycles. The van der Waals surface area contributed by atoms with Gasteiger partial charge in [-0.2, -0.15) is 8.42 Å². The summed E-state index contributed by atoms with van der Waals surface area (Å²) >= 11 is 0. The third-order valence-corrected chi connectivity index (χ3v) is 4.29.